The number of nitrogens with one attached hydrogen (secondary N) is 1. The van der Waals surface area contributed by atoms with E-state index in [9.17, 15) is 9.00 Å². The Bertz CT molecular complexity index is 417. The molecule has 0 aliphatic rings. The molecule has 17 heavy (non-hydrogen) atoms. The predicted octanol–water partition coefficient (Wildman–Crippen LogP) is 1.42. The van der Waals surface area contributed by atoms with Crippen LogP contribution in [0.2, 0.25) is 5.02 Å². The first-order valence-electron chi connectivity index (χ1n) is 5.13. The zero-order valence-corrected chi connectivity index (χ0v) is 11.1. The topological polar surface area (TPSA) is 72.2 Å². The molecule has 1 atom stereocenters. The zero-order chi connectivity index (χ0) is 12.8. The summed E-state index contributed by atoms with van der Waals surface area (Å²) in [6, 6.07) is 4.71. The molecule has 3 N–H and O–H groups in total. The number of anilines is 1. The van der Waals surface area contributed by atoms with Gasteiger partial charge in [-0.2, -0.15) is 0 Å². The third-order valence-corrected chi connectivity index (χ3v) is 3.16. The molecule has 0 spiro atoms. The van der Waals surface area contributed by atoms with Crippen molar-refractivity contribution in [2.75, 3.05) is 24.3 Å². The monoisotopic (exact) mass is 274 g/mol. The molecule has 0 aliphatic carbocycles. The largest absolute Gasteiger partial charge is 0.399 e. The summed E-state index contributed by atoms with van der Waals surface area (Å²) in [4.78, 5) is 11.7. The van der Waals surface area contributed by atoms with Crippen LogP contribution in [0.3, 0.4) is 0 Å². The molecule has 0 aromatic heterocycles. The van der Waals surface area contributed by atoms with Crippen molar-refractivity contribution in [3.8, 4) is 0 Å². The molecule has 0 bridgehead atoms. The van der Waals surface area contributed by atoms with Crippen molar-refractivity contribution in [1.82, 2.24) is 5.32 Å². The highest BCUT2D eigenvalue weighted by atomic mass is 35.5. The second-order valence-corrected chi connectivity index (χ2v) is 5.65. The molecular weight excluding hydrogens is 260 g/mol. The standard InChI is InChI=1S/C11H15ClN2O2S/c1-17(16)4-2-3-14-11(15)8-5-9(12)7-10(13)6-8/h5-7H,2-4,13H2,1H3,(H,14,15). The van der Waals surface area contributed by atoms with Gasteiger partial charge in [0.15, 0.2) is 0 Å². The van der Waals surface area contributed by atoms with E-state index in [4.69, 9.17) is 17.3 Å². The Kier molecular flexibility index (Phi) is 5.44. The maximum absolute atomic E-state index is 11.7. The first kappa shape index (κ1) is 14.0. The van der Waals surface area contributed by atoms with Gasteiger partial charge in [-0.1, -0.05) is 11.6 Å². The molecule has 0 saturated carbocycles. The normalized spacial score (nSPS) is 12.1. The molecule has 4 nitrogen and oxygen atoms in total. The Morgan fingerprint density at radius 3 is 2.76 bits per heavy atom. The summed E-state index contributed by atoms with van der Waals surface area (Å²) in [6.07, 6.45) is 2.32. The smallest absolute Gasteiger partial charge is 0.251 e. The van der Waals surface area contributed by atoms with Crippen LogP contribution in [0.25, 0.3) is 0 Å². The molecule has 94 valence electrons. The quantitative estimate of drug-likeness (QED) is 0.630. The molecular formula is C11H15ClN2O2S. The summed E-state index contributed by atoms with van der Waals surface area (Å²) < 4.78 is 10.8. The number of rotatable bonds is 5. The molecule has 0 heterocycles. The van der Waals surface area contributed by atoms with Gasteiger partial charge in [0.05, 0.1) is 0 Å². The van der Waals surface area contributed by atoms with Crippen LogP contribution in [0.1, 0.15) is 16.8 Å². The van der Waals surface area contributed by atoms with Crippen LogP contribution in [0.4, 0.5) is 5.69 Å². The second kappa shape index (κ2) is 6.61. The fourth-order valence-corrected chi connectivity index (χ4v) is 2.12. The van der Waals surface area contributed by atoms with Crippen molar-refractivity contribution in [2.24, 2.45) is 0 Å². The lowest BCUT2D eigenvalue weighted by atomic mass is 10.2. The molecule has 1 aromatic rings. The van der Waals surface area contributed by atoms with Gasteiger partial charge >= 0.3 is 0 Å². The number of hydrogen-bond donors (Lipinski definition) is 2. The highest BCUT2D eigenvalue weighted by Gasteiger charge is 2.06. The van der Waals surface area contributed by atoms with Gasteiger partial charge in [-0.3, -0.25) is 9.00 Å². The van der Waals surface area contributed by atoms with E-state index in [0.717, 1.165) is 0 Å². The maximum atomic E-state index is 11.7. The lowest BCUT2D eigenvalue weighted by Crippen LogP contribution is -2.25. The van der Waals surface area contributed by atoms with E-state index < -0.39 is 10.8 Å². The Balaban J connectivity index is 2.49. The van der Waals surface area contributed by atoms with E-state index >= 15 is 0 Å². The summed E-state index contributed by atoms with van der Waals surface area (Å²) in [5.74, 6) is 0.360. The lowest BCUT2D eigenvalue weighted by Gasteiger charge is -2.06. The second-order valence-electron chi connectivity index (χ2n) is 3.66. The van der Waals surface area contributed by atoms with E-state index in [2.05, 4.69) is 5.32 Å². The minimum absolute atomic E-state index is 0.221. The fraction of sp³-hybridized carbons (Fsp3) is 0.364. The van der Waals surface area contributed by atoms with Gasteiger partial charge in [-0.25, -0.2) is 0 Å². The van der Waals surface area contributed by atoms with Crippen molar-refractivity contribution >= 4 is 34.0 Å². The summed E-state index contributed by atoms with van der Waals surface area (Å²) in [6.45, 7) is 0.491. The maximum Gasteiger partial charge on any atom is 0.251 e. The number of carbonyl (C=O) groups excluding carboxylic acids is 1. The van der Waals surface area contributed by atoms with Gasteiger partial charge in [-0.05, 0) is 24.6 Å². The van der Waals surface area contributed by atoms with Gasteiger partial charge in [0.25, 0.3) is 5.91 Å². The number of hydrogen-bond acceptors (Lipinski definition) is 3. The average molecular weight is 275 g/mol. The van der Waals surface area contributed by atoms with Crippen molar-refractivity contribution in [3.63, 3.8) is 0 Å². The van der Waals surface area contributed by atoms with Crippen molar-refractivity contribution < 1.29 is 9.00 Å². The Hall–Kier alpha value is -1.07. The SMILES string of the molecule is CS(=O)CCCNC(=O)c1cc(N)cc(Cl)c1. The highest BCUT2D eigenvalue weighted by Crippen LogP contribution is 2.16. The van der Waals surface area contributed by atoms with E-state index in [0.29, 0.717) is 35.0 Å². The molecule has 6 heteroatoms. The van der Waals surface area contributed by atoms with Crippen LogP contribution in [0.5, 0.6) is 0 Å². The van der Waals surface area contributed by atoms with Crippen LogP contribution < -0.4 is 11.1 Å². The van der Waals surface area contributed by atoms with E-state index in [1.54, 1.807) is 24.5 Å². The first-order valence-corrected chi connectivity index (χ1v) is 7.24. The Morgan fingerprint density at radius 1 is 1.47 bits per heavy atom. The Morgan fingerprint density at radius 2 is 2.18 bits per heavy atom. The van der Waals surface area contributed by atoms with E-state index in [-0.39, 0.29) is 5.91 Å². The summed E-state index contributed by atoms with van der Waals surface area (Å²) in [5.41, 5.74) is 6.48. The molecule has 0 fully saturated rings. The van der Waals surface area contributed by atoms with Gasteiger partial charge in [0.1, 0.15) is 0 Å². The Labute approximate surface area is 108 Å². The number of benzene rings is 1. The number of nitrogens with two attached hydrogens (primary N) is 1. The third kappa shape index (κ3) is 5.19. The molecule has 0 radical (unpaired) electrons. The van der Waals surface area contributed by atoms with Crippen molar-refractivity contribution in [2.45, 2.75) is 6.42 Å². The number of amides is 1. The van der Waals surface area contributed by atoms with Crippen molar-refractivity contribution in [3.05, 3.63) is 28.8 Å². The number of carbonyl (C=O) groups is 1. The fourth-order valence-electron chi connectivity index (χ4n) is 1.32. The molecule has 1 aromatic carbocycles. The minimum atomic E-state index is -0.825. The van der Waals surface area contributed by atoms with Crippen LogP contribution in [0.15, 0.2) is 18.2 Å². The predicted molar refractivity (Wildman–Crippen MR) is 71.7 cm³/mol. The molecule has 0 saturated heterocycles. The molecule has 0 aliphatic heterocycles. The molecule has 1 amide bonds. The number of halogens is 1. The zero-order valence-electron chi connectivity index (χ0n) is 9.53. The van der Waals surface area contributed by atoms with Crippen molar-refractivity contribution in [1.29, 1.82) is 0 Å². The molecule has 1 rings (SSSR count). The van der Waals surface area contributed by atoms with Gasteiger partial charge in [0, 0.05) is 45.6 Å². The summed E-state index contributed by atoms with van der Waals surface area (Å²) in [5, 5.41) is 3.16. The van der Waals surface area contributed by atoms with E-state index in [1.165, 1.54) is 0 Å². The molecule has 1 unspecified atom stereocenters. The third-order valence-electron chi connectivity index (χ3n) is 2.08. The number of nitrogen functional groups attached to an aromatic ring is 1. The highest BCUT2D eigenvalue weighted by molar-refractivity contribution is 7.84. The van der Waals surface area contributed by atoms with Gasteiger partial charge in [-0.15, -0.1) is 0 Å². The van der Waals surface area contributed by atoms with Crippen LogP contribution in [-0.2, 0) is 10.8 Å². The first-order chi connectivity index (χ1) is 7.99. The van der Waals surface area contributed by atoms with Crippen LogP contribution >= 0.6 is 11.6 Å². The lowest BCUT2D eigenvalue weighted by molar-refractivity contribution is 0.0954. The summed E-state index contributed by atoms with van der Waals surface area (Å²) in [7, 11) is -0.825. The van der Waals surface area contributed by atoms with Gasteiger partial charge < -0.3 is 11.1 Å². The van der Waals surface area contributed by atoms with Gasteiger partial charge in [0.2, 0.25) is 0 Å². The van der Waals surface area contributed by atoms with Crippen LogP contribution in [0, 0.1) is 0 Å². The minimum Gasteiger partial charge on any atom is -0.399 e. The van der Waals surface area contributed by atoms with Crippen LogP contribution in [-0.4, -0.2) is 28.7 Å². The summed E-state index contributed by atoms with van der Waals surface area (Å²) >= 11 is 5.80. The average Bonchev–Trinajstić information content (AvgIpc) is 2.22. The van der Waals surface area contributed by atoms with E-state index in [1.807, 2.05) is 0 Å².